The summed E-state index contributed by atoms with van der Waals surface area (Å²) in [5.41, 5.74) is -0.320. The summed E-state index contributed by atoms with van der Waals surface area (Å²) >= 11 is 0. The van der Waals surface area contributed by atoms with Gasteiger partial charge in [-0.2, -0.15) is 13.2 Å². The van der Waals surface area contributed by atoms with Crippen LogP contribution in [0.15, 0.2) is 47.4 Å². The largest absolute Gasteiger partial charge is 0.508 e. The molecule has 5 nitrogen and oxygen atoms in total. The highest BCUT2D eigenvalue weighted by molar-refractivity contribution is 7.89. The average Bonchev–Trinajstić information content (AvgIpc) is 2.62. The minimum atomic E-state index is -4.62. The number of phenols is 2. The number of halogens is 3. The van der Waals surface area contributed by atoms with Crippen LogP contribution in [0.2, 0.25) is 0 Å². The van der Waals surface area contributed by atoms with E-state index >= 15 is 0 Å². The van der Waals surface area contributed by atoms with Crippen molar-refractivity contribution < 1.29 is 31.8 Å². The maximum atomic E-state index is 12.8. The van der Waals surface area contributed by atoms with E-state index < -0.39 is 32.7 Å². The zero-order valence-corrected chi connectivity index (χ0v) is 15.6. The van der Waals surface area contributed by atoms with Gasteiger partial charge in [-0.3, -0.25) is 0 Å². The van der Waals surface area contributed by atoms with E-state index in [1.54, 1.807) is 6.07 Å². The Morgan fingerprint density at radius 3 is 2.25 bits per heavy atom. The normalized spacial score (nSPS) is 20.8. The number of hydrogen-bond donors (Lipinski definition) is 3. The van der Waals surface area contributed by atoms with Crippen LogP contribution in [0.25, 0.3) is 0 Å². The molecule has 1 fully saturated rings. The van der Waals surface area contributed by atoms with Crippen LogP contribution < -0.4 is 4.72 Å². The van der Waals surface area contributed by atoms with Crippen molar-refractivity contribution in [3.8, 4) is 11.5 Å². The van der Waals surface area contributed by atoms with Gasteiger partial charge in [-0.1, -0.05) is 12.1 Å². The van der Waals surface area contributed by atoms with Gasteiger partial charge in [0.1, 0.15) is 11.5 Å². The van der Waals surface area contributed by atoms with Crippen LogP contribution in [0.3, 0.4) is 0 Å². The van der Waals surface area contributed by atoms with Crippen molar-refractivity contribution >= 4 is 10.0 Å². The topological polar surface area (TPSA) is 86.6 Å². The van der Waals surface area contributed by atoms with Crippen molar-refractivity contribution in [1.29, 1.82) is 0 Å². The highest BCUT2D eigenvalue weighted by Crippen LogP contribution is 2.38. The van der Waals surface area contributed by atoms with Gasteiger partial charge in [-0.15, -0.1) is 0 Å². The number of sulfonamides is 1. The molecule has 152 valence electrons. The van der Waals surface area contributed by atoms with E-state index in [1.807, 2.05) is 0 Å². The van der Waals surface area contributed by atoms with Crippen LogP contribution in [0.4, 0.5) is 13.2 Å². The Morgan fingerprint density at radius 2 is 1.64 bits per heavy atom. The summed E-state index contributed by atoms with van der Waals surface area (Å²) in [6.07, 6.45) is -2.43. The van der Waals surface area contributed by atoms with Crippen LogP contribution in [0, 0.1) is 0 Å². The molecule has 1 saturated carbocycles. The van der Waals surface area contributed by atoms with Gasteiger partial charge in [-0.05, 0) is 61.4 Å². The molecule has 0 bridgehead atoms. The lowest BCUT2D eigenvalue weighted by Crippen LogP contribution is -2.37. The fourth-order valence-electron chi connectivity index (χ4n) is 3.53. The van der Waals surface area contributed by atoms with E-state index in [4.69, 9.17) is 0 Å². The third-order valence-corrected chi connectivity index (χ3v) is 6.49. The van der Waals surface area contributed by atoms with Crippen LogP contribution in [0.1, 0.15) is 42.7 Å². The Balaban J connectivity index is 1.67. The SMILES string of the molecule is O=S(=O)(N[C@H]1CC[C@H](c2ccc(O)cc2O)CC1)c1cccc(C(F)(F)F)c1. The van der Waals surface area contributed by atoms with E-state index in [1.165, 1.54) is 12.1 Å². The van der Waals surface area contributed by atoms with E-state index in [-0.39, 0.29) is 17.4 Å². The first-order valence-corrected chi connectivity index (χ1v) is 10.3. The maximum Gasteiger partial charge on any atom is 0.416 e. The molecule has 0 aliphatic heterocycles. The van der Waals surface area contributed by atoms with Crippen molar-refractivity contribution in [3.63, 3.8) is 0 Å². The molecule has 0 aromatic heterocycles. The Bertz CT molecular complexity index is 952. The Hall–Kier alpha value is -2.26. The summed E-state index contributed by atoms with van der Waals surface area (Å²) in [6.45, 7) is 0. The predicted molar refractivity (Wildman–Crippen MR) is 96.5 cm³/mol. The summed E-state index contributed by atoms with van der Waals surface area (Å²) in [5, 5.41) is 19.3. The molecular weight excluding hydrogens is 395 g/mol. The van der Waals surface area contributed by atoms with Gasteiger partial charge in [0.2, 0.25) is 10.0 Å². The molecule has 1 aliphatic rings. The highest BCUT2D eigenvalue weighted by Gasteiger charge is 2.32. The number of phenolic OH excluding ortho intramolecular Hbond substituents is 2. The maximum absolute atomic E-state index is 12.8. The summed E-state index contributed by atoms with van der Waals surface area (Å²) in [6, 6.07) is 7.66. The van der Waals surface area contributed by atoms with Crippen molar-refractivity contribution in [2.75, 3.05) is 0 Å². The molecule has 3 N–H and O–H groups in total. The van der Waals surface area contributed by atoms with Crippen LogP contribution in [-0.4, -0.2) is 24.7 Å². The Labute approximate surface area is 160 Å². The second-order valence-corrected chi connectivity index (χ2v) is 8.65. The lowest BCUT2D eigenvalue weighted by atomic mass is 9.81. The van der Waals surface area contributed by atoms with Gasteiger partial charge in [0.15, 0.2) is 0 Å². The molecule has 2 aromatic rings. The second-order valence-electron chi connectivity index (χ2n) is 6.94. The summed E-state index contributed by atoms with van der Waals surface area (Å²) in [7, 11) is -4.07. The molecule has 0 unspecified atom stereocenters. The lowest BCUT2D eigenvalue weighted by molar-refractivity contribution is -0.137. The van der Waals surface area contributed by atoms with E-state index in [0.717, 1.165) is 18.2 Å². The van der Waals surface area contributed by atoms with Crippen molar-refractivity contribution in [1.82, 2.24) is 4.72 Å². The predicted octanol–water partition coefficient (Wildman–Crippen LogP) is 4.12. The van der Waals surface area contributed by atoms with Gasteiger partial charge in [0.25, 0.3) is 0 Å². The smallest absolute Gasteiger partial charge is 0.416 e. The van der Waals surface area contributed by atoms with Gasteiger partial charge in [0.05, 0.1) is 10.5 Å². The van der Waals surface area contributed by atoms with Crippen LogP contribution in [-0.2, 0) is 16.2 Å². The molecule has 0 spiro atoms. The summed E-state index contributed by atoms with van der Waals surface area (Å²) < 4.78 is 65.9. The van der Waals surface area contributed by atoms with Gasteiger partial charge >= 0.3 is 6.18 Å². The molecular formula is C19H20F3NO4S. The Kier molecular flexibility index (Phi) is 5.58. The first kappa shape index (κ1) is 20.5. The fraction of sp³-hybridized carbons (Fsp3) is 0.368. The molecule has 1 aliphatic carbocycles. The zero-order valence-electron chi connectivity index (χ0n) is 14.8. The molecule has 0 radical (unpaired) electrons. The van der Waals surface area contributed by atoms with Crippen LogP contribution >= 0.6 is 0 Å². The quantitative estimate of drug-likeness (QED) is 0.701. The van der Waals surface area contributed by atoms with Crippen molar-refractivity contribution in [2.24, 2.45) is 0 Å². The van der Waals surface area contributed by atoms with E-state index in [0.29, 0.717) is 37.3 Å². The molecule has 0 atom stereocenters. The van der Waals surface area contributed by atoms with E-state index in [2.05, 4.69) is 4.72 Å². The molecule has 0 heterocycles. The van der Waals surface area contributed by atoms with Gasteiger partial charge in [0, 0.05) is 12.1 Å². The minimum absolute atomic E-state index is 0.00648. The van der Waals surface area contributed by atoms with Crippen molar-refractivity contribution in [2.45, 2.75) is 48.7 Å². The number of hydrogen-bond acceptors (Lipinski definition) is 4. The number of alkyl halides is 3. The average molecular weight is 415 g/mol. The summed E-state index contributed by atoms with van der Waals surface area (Å²) in [4.78, 5) is -0.416. The molecule has 0 saturated heterocycles. The Morgan fingerprint density at radius 1 is 0.964 bits per heavy atom. The third-order valence-electron chi connectivity index (χ3n) is 4.97. The first-order valence-electron chi connectivity index (χ1n) is 8.78. The fourth-order valence-corrected chi connectivity index (χ4v) is 4.88. The number of nitrogens with one attached hydrogen (secondary N) is 1. The summed E-state index contributed by atoms with van der Waals surface area (Å²) in [5.74, 6) is -0.0216. The zero-order chi connectivity index (χ0) is 20.5. The minimum Gasteiger partial charge on any atom is -0.508 e. The van der Waals surface area contributed by atoms with Crippen LogP contribution in [0.5, 0.6) is 11.5 Å². The van der Waals surface area contributed by atoms with Crippen molar-refractivity contribution in [3.05, 3.63) is 53.6 Å². The molecule has 0 amide bonds. The van der Waals surface area contributed by atoms with Gasteiger partial charge in [-0.25, -0.2) is 13.1 Å². The monoisotopic (exact) mass is 415 g/mol. The molecule has 9 heteroatoms. The highest BCUT2D eigenvalue weighted by atomic mass is 32.2. The second kappa shape index (κ2) is 7.63. The number of benzene rings is 2. The van der Waals surface area contributed by atoms with E-state index in [9.17, 15) is 31.8 Å². The number of aromatic hydroxyl groups is 2. The molecule has 3 rings (SSSR count). The first-order chi connectivity index (χ1) is 13.1. The standard InChI is InChI=1S/C19H20F3NO4S/c20-19(21,22)13-2-1-3-16(10-13)28(26,27)23-14-6-4-12(5-7-14)17-9-8-15(24)11-18(17)25/h1-3,8-12,14,23-25H,4-7H2/t12-,14-. The molecule has 28 heavy (non-hydrogen) atoms. The lowest BCUT2D eigenvalue weighted by Gasteiger charge is -2.29. The third kappa shape index (κ3) is 4.59. The number of rotatable bonds is 4. The molecule has 2 aromatic carbocycles. The van der Waals surface area contributed by atoms with Gasteiger partial charge < -0.3 is 10.2 Å².